The number of aromatic nitrogens is 2. The molecular weight excluding hydrogens is 384 g/mol. The van der Waals surface area contributed by atoms with Gasteiger partial charge in [0.25, 0.3) is 0 Å². The van der Waals surface area contributed by atoms with Crippen LogP contribution in [0.4, 0.5) is 17.3 Å². The second-order valence-corrected chi connectivity index (χ2v) is 7.27. The Labute approximate surface area is 174 Å². The summed E-state index contributed by atoms with van der Waals surface area (Å²) in [6.07, 6.45) is 5.05. The summed E-state index contributed by atoms with van der Waals surface area (Å²) in [5.41, 5.74) is 1.35. The molecule has 2 N–H and O–H groups in total. The number of carbonyl (C=O) groups excluding carboxylic acids is 2. The van der Waals surface area contributed by atoms with Crippen LogP contribution < -0.4 is 15.4 Å². The Kier molecular flexibility index (Phi) is 5.87. The highest BCUT2D eigenvalue weighted by molar-refractivity contribution is 6.13. The van der Waals surface area contributed by atoms with Crippen LogP contribution in [0, 0.1) is 0 Å². The van der Waals surface area contributed by atoms with Gasteiger partial charge in [-0.2, -0.15) is 0 Å². The van der Waals surface area contributed by atoms with Gasteiger partial charge in [-0.1, -0.05) is 6.07 Å². The summed E-state index contributed by atoms with van der Waals surface area (Å²) in [5, 5.41) is 6.02. The first kappa shape index (κ1) is 19.8. The fourth-order valence-electron chi connectivity index (χ4n) is 3.44. The van der Waals surface area contributed by atoms with Gasteiger partial charge in [0, 0.05) is 38.8 Å². The fraction of sp³-hybridized carbons (Fsp3) is 0.381. The van der Waals surface area contributed by atoms with Crippen molar-refractivity contribution in [2.24, 2.45) is 4.99 Å². The molecule has 0 saturated carbocycles. The summed E-state index contributed by atoms with van der Waals surface area (Å²) in [6, 6.07) is 7.40. The quantitative estimate of drug-likeness (QED) is 0.693. The molecule has 9 heteroatoms. The number of carbonyl (C=O) groups is 2. The summed E-state index contributed by atoms with van der Waals surface area (Å²) in [5.74, 6) is 1.03. The highest BCUT2D eigenvalue weighted by Crippen LogP contribution is 2.34. The van der Waals surface area contributed by atoms with E-state index in [2.05, 4.69) is 25.6 Å². The van der Waals surface area contributed by atoms with Crippen molar-refractivity contribution in [2.45, 2.75) is 25.2 Å². The molecule has 1 aromatic heterocycles. The molecule has 3 heterocycles. The predicted molar refractivity (Wildman–Crippen MR) is 113 cm³/mol. The van der Waals surface area contributed by atoms with Crippen molar-refractivity contribution in [1.82, 2.24) is 14.9 Å². The van der Waals surface area contributed by atoms with E-state index < -0.39 is 5.92 Å². The molecule has 1 aromatic carbocycles. The number of aliphatic imine (C=N–C) groups is 1. The standard InChI is InChI=1S/C21H24N6O3/c1-27-9-8-22-19-18-16(21(29)26-20(18)25-13-24-19)12-23-14-5-4-6-15(11-14)30-10-3-2-7-17(27)28/h4-6,11-13,16H,2-3,7-10H2,1H3,(H2,22,24,25,26,29). The number of benzene rings is 1. The summed E-state index contributed by atoms with van der Waals surface area (Å²) >= 11 is 0. The average Bonchev–Trinajstić information content (AvgIpc) is 3.07. The van der Waals surface area contributed by atoms with Crippen LogP contribution in [0.1, 0.15) is 30.7 Å². The van der Waals surface area contributed by atoms with Crippen LogP contribution in [-0.2, 0) is 9.59 Å². The van der Waals surface area contributed by atoms with Crippen LogP contribution in [0.5, 0.6) is 5.75 Å². The highest BCUT2D eigenvalue weighted by Gasteiger charge is 2.33. The van der Waals surface area contributed by atoms with Crippen molar-refractivity contribution in [3.8, 4) is 5.75 Å². The molecule has 2 aliphatic heterocycles. The van der Waals surface area contributed by atoms with Gasteiger partial charge in [0.05, 0.1) is 17.9 Å². The van der Waals surface area contributed by atoms with E-state index in [1.807, 2.05) is 24.3 Å². The third-order valence-corrected chi connectivity index (χ3v) is 5.13. The minimum atomic E-state index is -0.605. The van der Waals surface area contributed by atoms with Crippen molar-refractivity contribution in [2.75, 3.05) is 37.4 Å². The lowest BCUT2D eigenvalue weighted by Gasteiger charge is -2.18. The zero-order chi connectivity index (χ0) is 20.9. The van der Waals surface area contributed by atoms with Gasteiger partial charge in [0.1, 0.15) is 29.6 Å². The van der Waals surface area contributed by atoms with Crippen LogP contribution in [0.15, 0.2) is 35.6 Å². The van der Waals surface area contributed by atoms with E-state index in [-0.39, 0.29) is 11.8 Å². The Morgan fingerprint density at radius 1 is 1.17 bits per heavy atom. The molecule has 2 bridgehead atoms. The Hall–Kier alpha value is -3.49. The Bertz CT molecular complexity index is 977. The molecule has 2 amide bonds. The van der Waals surface area contributed by atoms with E-state index in [1.54, 1.807) is 18.2 Å². The summed E-state index contributed by atoms with van der Waals surface area (Å²) in [4.78, 5) is 39.5. The van der Waals surface area contributed by atoms with E-state index in [1.165, 1.54) is 6.33 Å². The fourth-order valence-corrected chi connectivity index (χ4v) is 3.44. The van der Waals surface area contributed by atoms with E-state index in [4.69, 9.17) is 4.74 Å². The van der Waals surface area contributed by atoms with Crippen LogP contribution in [0.2, 0.25) is 0 Å². The van der Waals surface area contributed by atoms with Gasteiger partial charge in [0.2, 0.25) is 11.8 Å². The van der Waals surface area contributed by atoms with Crippen molar-refractivity contribution in [3.05, 3.63) is 36.2 Å². The predicted octanol–water partition coefficient (Wildman–Crippen LogP) is 2.35. The number of likely N-dealkylation sites (N-methyl/N-ethyl adjacent to an activating group) is 1. The van der Waals surface area contributed by atoms with Crippen molar-refractivity contribution < 1.29 is 14.3 Å². The molecule has 0 saturated heterocycles. The van der Waals surface area contributed by atoms with E-state index >= 15 is 0 Å². The largest absolute Gasteiger partial charge is 0.494 e. The first-order chi connectivity index (χ1) is 14.6. The van der Waals surface area contributed by atoms with Crippen molar-refractivity contribution in [3.63, 3.8) is 0 Å². The van der Waals surface area contributed by atoms with Gasteiger partial charge >= 0.3 is 0 Å². The van der Waals surface area contributed by atoms with Crippen molar-refractivity contribution >= 4 is 35.4 Å². The molecular formula is C21H24N6O3. The molecule has 30 heavy (non-hydrogen) atoms. The summed E-state index contributed by atoms with van der Waals surface area (Å²) < 4.78 is 5.79. The van der Waals surface area contributed by atoms with Crippen LogP contribution in [0.3, 0.4) is 0 Å². The Balaban J connectivity index is 1.64. The molecule has 0 aliphatic carbocycles. The number of anilines is 2. The summed E-state index contributed by atoms with van der Waals surface area (Å²) in [6.45, 7) is 1.57. The second-order valence-electron chi connectivity index (χ2n) is 7.27. The van der Waals surface area contributed by atoms with Crippen LogP contribution in [0.25, 0.3) is 0 Å². The van der Waals surface area contributed by atoms with E-state index in [0.29, 0.717) is 54.8 Å². The van der Waals surface area contributed by atoms with E-state index in [9.17, 15) is 9.59 Å². The third-order valence-electron chi connectivity index (χ3n) is 5.13. The molecule has 0 spiro atoms. The number of amides is 2. The number of nitrogens with one attached hydrogen (secondary N) is 2. The van der Waals surface area contributed by atoms with Gasteiger partial charge < -0.3 is 20.3 Å². The lowest BCUT2D eigenvalue weighted by molar-refractivity contribution is -0.129. The molecule has 4 rings (SSSR count). The first-order valence-electron chi connectivity index (χ1n) is 10.0. The zero-order valence-corrected chi connectivity index (χ0v) is 16.8. The topological polar surface area (TPSA) is 109 Å². The maximum absolute atomic E-state index is 12.5. The van der Waals surface area contributed by atoms with Crippen LogP contribution >= 0.6 is 0 Å². The average molecular weight is 408 g/mol. The zero-order valence-electron chi connectivity index (χ0n) is 16.8. The third kappa shape index (κ3) is 4.40. The summed E-state index contributed by atoms with van der Waals surface area (Å²) in [7, 11) is 1.79. The lowest BCUT2D eigenvalue weighted by Crippen LogP contribution is -2.31. The SMILES string of the molecule is CN1CCNc2ncnc3c2C(C=Nc2cccc(c2)OCCCCC1=O)C(=O)N3. The number of hydrogen-bond donors (Lipinski definition) is 2. The molecule has 9 nitrogen and oxygen atoms in total. The normalized spacial score (nSPS) is 19.8. The number of fused-ring (bicyclic) bond motifs is 2. The van der Waals surface area contributed by atoms with Gasteiger partial charge in [-0.05, 0) is 25.0 Å². The lowest BCUT2D eigenvalue weighted by atomic mass is 10.0. The van der Waals surface area contributed by atoms with Gasteiger partial charge in [-0.25, -0.2) is 9.97 Å². The number of rotatable bonds is 0. The smallest absolute Gasteiger partial charge is 0.238 e. The van der Waals surface area contributed by atoms with Crippen molar-refractivity contribution in [1.29, 1.82) is 0 Å². The maximum atomic E-state index is 12.5. The second kappa shape index (κ2) is 8.89. The number of nitrogens with zero attached hydrogens (tertiary/aromatic N) is 4. The molecule has 0 fully saturated rings. The molecule has 1 atom stereocenters. The molecule has 1 unspecified atom stereocenters. The molecule has 2 aromatic rings. The first-order valence-corrected chi connectivity index (χ1v) is 10.0. The van der Waals surface area contributed by atoms with Gasteiger partial charge in [0.15, 0.2) is 0 Å². The number of ether oxygens (including phenoxy) is 1. The molecule has 0 radical (unpaired) electrons. The minimum Gasteiger partial charge on any atom is -0.494 e. The Morgan fingerprint density at radius 3 is 2.93 bits per heavy atom. The minimum absolute atomic E-state index is 0.0923. The molecule has 2 aliphatic rings. The van der Waals surface area contributed by atoms with Gasteiger partial charge in [-0.3, -0.25) is 14.6 Å². The highest BCUT2D eigenvalue weighted by atomic mass is 16.5. The molecule has 156 valence electrons. The maximum Gasteiger partial charge on any atom is 0.238 e. The Morgan fingerprint density at radius 2 is 2.03 bits per heavy atom. The monoisotopic (exact) mass is 408 g/mol. The number of hydrogen-bond acceptors (Lipinski definition) is 7. The van der Waals surface area contributed by atoms with Crippen LogP contribution in [-0.4, -0.2) is 59.6 Å². The van der Waals surface area contributed by atoms with Gasteiger partial charge in [-0.15, -0.1) is 0 Å². The van der Waals surface area contributed by atoms with E-state index in [0.717, 1.165) is 12.8 Å².